The van der Waals surface area contributed by atoms with Gasteiger partial charge in [0.25, 0.3) is 0 Å². The van der Waals surface area contributed by atoms with Gasteiger partial charge in [0.05, 0.1) is 12.3 Å². The van der Waals surface area contributed by atoms with Crippen LogP contribution in [0.25, 0.3) is 0 Å². The average Bonchev–Trinajstić information content (AvgIpc) is 2.66. The Morgan fingerprint density at radius 2 is 2.06 bits per heavy atom. The molecule has 0 radical (unpaired) electrons. The van der Waals surface area contributed by atoms with Gasteiger partial charge in [-0.25, -0.2) is 0 Å². The molecule has 98 valence electrons. The molecule has 0 aromatic carbocycles. The first-order chi connectivity index (χ1) is 8.85. The fourth-order valence-corrected chi connectivity index (χ4v) is 2.59. The Hall–Kier alpha value is -1.34. The molecule has 1 aliphatic rings. The Morgan fingerprint density at radius 3 is 2.67 bits per heavy atom. The third-order valence-electron chi connectivity index (χ3n) is 3.55. The van der Waals surface area contributed by atoms with Crippen LogP contribution in [0.2, 0.25) is 0 Å². The van der Waals surface area contributed by atoms with E-state index < -0.39 is 0 Å². The van der Waals surface area contributed by atoms with Crippen LogP contribution in [0.3, 0.4) is 0 Å². The van der Waals surface area contributed by atoms with Crippen LogP contribution in [-0.4, -0.2) is 27.8 Å². The Kier molecular flexibility index (Phi) is 4.77. The van der Waals surface area contributed by atoms with Crippen LogP contribution in [0.4, 0.5) is 0 Å². The van der Waals surface area contributed by atoms with Crippen molar-refractivity contribution in [2.75, 3.05) is 13.1 Å². The molecule has 4 heteroatoms. The lowest BCUT2D eigenvalue weighted by atomic mass is 10.1. The highest BCUT2D eigenvalue weighted by Gasteiger charge is 2.22. The molecular formula is C14H22N4. The summed E-state index contributed by atoms with van der Waals surface area (Å²) < 4.78 is 1.94. The molecule has 1 aliphatic heterocycles. The zero-order valence-electron chi connectivity index (χ0n) is 11.2. The molecular weight excluding hydrogens is 224 g/mol. The van der Waals surface area contributed by atoms with Gasteiger partial charge in [0.1, 0.15) is 6.04 Å². The first kappa shape index (κ1) is 13.1. The first-order valence-corrected chi connectivity index (χ1v) is 7.01. The lowest BCUT2D eigenvalue weighted by molar-refractivity contribution is 0.245. The lowest BCUT2D eigenvalue weighted by Crippen LogP contribution is -2.28. The number of hydrogen-bond acceptors (Lipinski definition) is 3. The zero-order valence-corrected chi connectivity index (χ0v) is 11.2. The number of aromatic nitrogens is 2. The summed E-state index contributed by atoms with van der Waals surface area (Å²) >= 11 is 0. The van der Waals surface area contributed by atoms with Gasteiger partial charge in [0.15, 0.2) is 0 Å². The Balaban J connectivity index is 2.08. The van der Waals surface area contributed by atoms with E-state index in [9.17, 15) is 5.26 Å². The second-order valence-electron chi connectivity index (χ2n) is 5.02. The van der Waals surface area contributed by atoms with E-state index in [1.807, 2.05) is 17.1 Å². The molecule has 1 fully saturated rings. The molecule has 1 unspecified atom stereocenters. The Labute approximate surface area is 109 Å². The summed E-state index contributed by atoms with van der Waals surface area (Å²) in [5, 5.41) is 13.8. The van der Waals surface area contributed by atoms with Crippen molar-refractivity contribution < 1.29 is 0 Å². The minimum atomic E-state index is -0.117. The van der Waals surface area contributed by atoms with Crippen LogP contribution < -0.4 is 0 Å². The lowest BCUT2D eigenvalue weighted by Gasteiger charge is -2.24. The summed E-state index contributed by atoms with van der Waals surface area (Å²) in [7, 11) is 0. The summed E-state index contributed by atoms with van der Waals surface area (Å²) in [5.74, 6) is 0. The molecule has 0 amide bonds. The van der Waals surface area contributed by atoms with Crippen LogP contribution in [0.1, 0.15) is 50.6 Å². The molecule has 1 aromatic rings. The number of nitriles is 1. The molecule has 0 spiro atoms. The molecule has 18 heavy (non-hydrogen) atoms. The number of nitrogens with zero attached hydrogens (tertiary/aromatic N) is 4. The van der Waals surface area contributed by atoms with E-state index in [4.69, 9.17) is 0 Å². The van der Waals surface area contributed by atoms with Crippen LogP contribution in [0, 0.1) is 11.3 Å². The van der Waals surface area contributed by atoms with Crippen molar-refractivity contribution in [2.45, 2.75) is 51.6 Å². The summed E-state index contributed by atoms with van der Waals surface area (Å²) in [6, 6.07) is 2.33. The summed E-state index contributed by atoms with van der Waals surface area (Å²) in [6.45, 7) is 5.14. The first-order valence-electron chi connectivity index (χ1n) is 7.01. The molecule has 1 atom stereocenters. The maximum Gasteiger partial charge on any atom is 0.126 e. The van der Waals surface area contributed by atoms with Gasteiger partial charge < -0.3 is 0 Å². The summed E-state index contributed by atoms with van der Waals surface area (Å²) in [4.78, 5) is 2.31. The highest BCUT2D eigenvalue weighted by molar-refractivity contribution is 5.18. The van der Waals surface area contributed by atoms with Crippen molar-refractivity contribution >= 4 is 0 Å². The topological polar surface area (TPSA) is 44.9 Å². The molecule has 0 N–H and O–H groups in total. The van der Waals surface area contributed by atoms with Crippen molar-refractivity contribution in [1.82, 2.24) is 14.7 Å². The fraction of sp³-hybridized carbons (Fsp3) is 0.714. The third-order valence-corrected chi connectivity index (χ3v) is 3.55. The highest BCUT2D eigenvalue weighted by Crippen LogP contribution is 2.23. The molecule has 4 nitrogen and oxygen atoms in total. The number of likely N-dealkylation sites (tertiary alicyclic amines) is 1. The van der Waals surface area contributed by atoms with Gasteiger partial charge in [-0.3, -0.25) is 9.58 Å². The third kappa shape index (κ3) is 3.11. The molecule has 2 rings (SSSR count). The average molecular weight is 246 g/mol. The van der Waals surface area contributed by atoms with Gasteiger partial charge in [-0.05, 0) is 32.4 Å². The van der Waals surface area contributed by atoms with Crippen molar-refractivity contribution in [3.63, 3.8) is 0 Å². The van der Waals surface area contributed by atoms with Crippen LogP contribution in [-0.2, 0) is 6.54 Å². The predicted octanol–water partition coefficient (Wildman–Crippen LogP) is 2.73. The van der Waals surface area contributed by atoms with Crippen LogP contribution in [0.5, 0.6) is 0 Å². The van der Waals surface area contributed by atoms with E-state index in [2.05, 4.69) is 23.0 Å². The largest absolute Gasteiger partial charge is 0.284 e. The monoisotopic (exact) mass is 246 g/mol. The van der Waals surface area contributed by atoms with E-state index in [0.29, 0.717) is 0 Å². The smallest absolute Gasteiger partial charge is 0.126 e. The maximum absolute atomic E-state index is 9.43. The number of aryl methyl sites for hydroxylation is 1. The van der Waals surface area contributed by atoms with Gasteiger partial charge in [-0.1, -0.05) is 19.8 Å². The van der Waals surface area contributed by atoms with Crippen molar-refractivity contribution in [2.24, 2.45) is 0 Å². The van der Waals surface area contributed by atoms with Gasteiger partial charge in [-0.2, -0.15) is 10.4 Å². The highest BCUT2D eigenvalue weighted by atomic mass is 15.3. The SMILES string of the molecule is CCCn1cc(C(C#N)N2CCCCCC2)cn1. The number of hydrogen-bond donors (Lipinski definition) is 0. The molecule has 0 saturated carbocycles. The van der Waals surface area contributed by atoms with Gasteiger partial charge in [0.2, 0.25) is 0 Å². The number of rotatable bonds is 4. The second kappa shape index (κ2) is 6.55. The van der Waals surface area contributed by atoms with E-state index in [1.165, 1.54) is 25.7 Å². The van der Waals surface area contributed by atoms with Crippen molar-refractivity contribution in [1.29, 1.82) is 5.26 Å². The molecule has 0 bridgehead atoms. The minimum absolute atomic E-state index is 0.117. The fourth-order valence-electron chi connectivity index (χ4n) is 2.59. The van der Waals surface area contributed by atoms with Gasteiger partial charge in [0, 0.05) is 18.3 Å². The summed E-state index contributed by atoms with van der Waals surface area (Å²) in [5.41, 5.74) is 1.05. The standard InChI is InChI=1S/C14H22N4/c1-2-7-18-12-13(11-16-18)14(10-15)17-8-5-3-4-6-9-17/h11-12,14H,2-9H2,1H3. The van der Waals surface area contributed by atoms with Crippen LogP contribution >= 0.6 is 0 Å². The van der Waals surface area contributed by atoms with Crippen molar-refractivity contribution in [3.05, 3.63) is 18.0 Å². The normalized spacial score (nSPS) is 19.1. The van der Waals surface area contributed by atoms with Crippen LogP contribution in [0.15, 0.2) is 12.4 Å². The summed E-state index contributed by atoms with van der Waals surface area (Å²) in [6.07, 6.45) is 9.97. The molecule has 1 saturated heterocycles. The van der Waals surface area contributed by atoms with Gasteiger partial charge in [-0.15, -0.1) is 0 Å². The van der Waals surface area contributed by atoms with E-state index in [0.717, 1.165) is 31.6 Å². The van der Waals surface area contributed by atoms with E-state index in [-0.39, 0.29) is 6.04 Å². The molecule has 2 heterocycles. The second-order valence-corrected chi connectivity index (χ2v) is 5.02. The Morgan fingerprint density at radius 1 is 1.33 bits per heavy atom. The van der Waals surface area contributed by atoms with E-state index in [1.54, 1.807) is 0 Å². The Bertz CT molecular complexity index is 396. The predicted molar refractivity (Wildman–Crippen MR) is 70.9 cm³/mol. The van der Waals surface area contributed by atoms with E-state index >= 15 is 0 Å². The maximum atomic E-state index is 9.43. The van der Waals surface area contributed by atoms with Crippen molar-refractivity contribution in [3.8, 4) is 6.07 Å². The molecule has 1 aromatic heterocycles. The minimum Gasteiger partial charge on any atom is -0.284 e. The zero-order chi connectivity index (χ0) is 12.8. The quantitative estimate of drug-likeness (QED) is 0.820. The van der Waals surface area contributed by atoms with Gasteiger partial charge >= 0.3 is 0 Å². The molecule has 0 aliphatic carbocycles.